The van der Waals surface area contributed by atoms with Gasteiger partial charge in [-0.15, -0.1) is 0 Å². The topological polar surface area (TPSA) is 12.0 Å². The Morgan fingerprint density at radius 2 is 1.87 bits per heavy atom. The van der Waals surface area contributed by atoms with E-state index in [1.807, 2.05) is 7.05 Å². The van der Waals surface area contributed by atoms with Gasteiger partial charge in [-0.2, -0.15) is 0 Å². The standard InChI is InChI=1S/C14H23N/c1-11(2)14(4,10-15-5)13-9-7-6-8-12(13)3/h6-9,11,15H,10H2,1-5H3. The molecule has 15 heavy (non-hydrogen) atoms. The van der Waals surface area contributed by atoms with Gasteiger partial charge in [0.15, 0.2) is 0 Å². The summed E-state index contributed by atoms with van der Waals surface area (Å²) in [5.41, 5.74) is 3.08. The molecule has 0 amide bonds. The van der Waals surface area contributed by atoms with Gasteiger partial charge in [0.25, 0.3) is 0 Å². The lowest BCUT2D eigenvalue weighted by Gasteiger charge is -2.35. The molecule has 1 aromatic rings. The third-order valence-electron chi connectivity index (χ3n) is 3.58. The highest BCUT2D eigenvalue weighted by molar-refractivity contribution is 5.33. The molecule has 0 aromatic heterocycles. The lowest BCUT2D eigenvalue weighted by atomic mass is 9.72. The number of hydrogen-bond acceptors (Lipinski definition) is 1. The number of benzene rings is 1. The van der Waals surface area contributed by atoms with Crippen molar-refractivity contribution in [2.24, 2.45) is 5.92 Å². The van der Waals surface area contributed by atoms with E-state index < -0.39 is 0 Å². The molecule has 1 nitrogen and oxygen atoms in total. The molecule has 0 heterocycles. The van der Waals surface area contributed by atoms with Crippen LogP contribution in [-0.4, -0.2) is 13.6 Å². The first-order valence-electron chi connectivity index (χ1n) is 5.73. The highest BCUT2D eigenvalue weighted by Crippen LogP contribution is 2.33. The van der Waals surface area contributed by atoms with E-state index in [0.29, 0.717) is 5.92 Å². The normalized spacial score (nSPS) is 15.3. The maximum atomic E-state index is 3.32. The number of likely N-dealkylation sites (N-methyl/N-ethyl adjacent to an activating group) is 1. The zero-order chi connectivity index (χ0) is 11.5. The fraction of sp³-hybridized carbons (Fsp3) is 0.571. The van der Waals surface area contributed by atoms with Crippen LogP contribution >= 0.6 is 0 Å². The van der Waals surface area contributed by atoms with E-state index >= 15 is 0 Å². The maximum Gasteiger partial charge on any atom is 0.00749 e. The predicted octanol–water partition coefficient (Wildman–Crippen LogP) is 3.13. The molecule has 1 unspecified atom stereocenters. The summed E-state index contributed by atoms with van der Waals surface area (Å²) in [6, 6.07) is 8.70. The fourth-order valence-corrected chi connectivity index (χ4v) is 2.19. The summed E-state index contributed by atoms with van der Waals surface area (Å²) in [5.74, 6) is 0.631. The maximum absolute atomic E-state index is 3.32. The Hall–Kier alpha value is -0.820. The van der Waals surface area contributed by atoms with Gasteiger partial charge < -0.3 is 5.32 Å². The Bertz CT molecular complexity index is 317. The summed E-state index contributed by atoms with van der Waals surface area (Å²) in [5, 5.41) is 3.32. The van der Waals surface area contributed by atoms with Gasteiger partial charge in [0.2, 0.25) is 0 Å². The lowest BCUT2D eigenvalue weighted by molar-refractivity contribution is 0.326. The Labute approximate surface area is 93.9 Å². The van der Waals surface area contributed by atoms with Crippen LogP contribution in [0.2, 0.25) is 0 Å². The summed E-state index contributed by atoms with van der Waals surface area (Å²) in [7, 11) is 2.03. The van der Waals surface area contributed by atoms with Crippen LogP contribution in [0.1, 0.15) is 31.9 Å². The van der Waals surface area contributed by atoms with Crippen LogP contribution in [-0.2, 0) is 5.41 Å². The lowest BCUT2D eigenvalue weighted by Crippen LogP contribution is -2.39. The molecular formula is C14H23N. The monoisotopic (exact) mass is 205 g/mol. The zero-order valence-electron chi connectivity index (χ0n) is 10.6. The summed E-state index contributed by atoms with van der Waals surface area (Å²) in [6.45, 7) is 10.2. The van der Waals surface area contributed by atoms with Crippen molar-refractivity contribution in [1.82, 2.24) is 5.32 Å². The third kappa shape index (κ3) is 2.40. The molecule has 0 radical (unpaired) electrons. The van der Waals surface area contributed by atoms with Crippen molar-refractivity contribution in [3.63, 3.8) is 0 Å². The molecule has 0 aliphatic carbocycles. The first kappa shape index (κ1) is 12.3. The van der Waals surface area contributed by atoms with Crippen LogP contribution in [0.4, 0.5) is 0 Å². The van der Waals surface area contributed by atoms with E-state index in [9.17, 15) is 0 Å². The molecule has 1 aromatic carbocycles. The van der Waals surface area contributed by atoms with Gasteiger partial charge >= 0.3 is 0 Å². The van der Waals surface area contributed by atoms with Crippen LogP contribution in [0.5, 0.6) is 0 Å². The second kappa shape index (κ2) is 4.80. The molecule has 1 N–H and O–H groups in total. The number of rotatable bonds is 4. The van der Waals surface area contributed by atoms with Gasteiger partial charge in [-0.3, -0.25) is 0 Å². The minimum absolute atomic E-state index is 0.222. The van der Waals surface area contributed by atoms with Crippen molar-refractivity contribution in [3.8, 4) is 0 Å². The molecule has 1 rings (SSSR count). The van der Waals surface area contributed by atoms with Crippen molar-refractivity contribution < 1.29 is 0 Å². The average Bonchev–Trinajstić information content (AvgIpc) is 2.18. The first-order chi connectivity index (χ1) is 7.02. The molecule has 0 aliphatic rings. The highest BCUT2D eigenvalue weighted by atomic mass is 14.8. The number of nitrogens with one attached hydrogen (secondary N) is 1. The van der Waals surface area contributed by atoms with Gasteiger partial charge in [-0.05, 0) is 31.0 Å². The van der Waals surface area contributed by atoms with E-state index in [0.717, 1.165) is 6.54 Å². The van der Waals surface area contributed by atoms with Crippen LogP contribution in [0.3, 0.4) is 0 Å². The van der Waals surface area contributed by atoms with Gasteiger partial charge in [0.05, 0.1) is 0 Å². The van der Waals surface area contributed by atoms with E-state index in [2.05, 4.69) is 57.3 Å². The third-order valence-corrected chi connectivity index (χ3v) is 3.58. The van der Waals surface area contributed by atoms with Gasteiger partial charge in [-0.1, -0.05) is 45.0 Å². The summed E-state index contributed by atoms with van der Waals surface area (Å²) in [6.07, 6.45) is 0. The minimum Gasteiger partial charge on any atom is -0.319 e. The van der Waals surface area contributed by atoms with E-state index in [1.54, 1.807) is 0 Å². The Morgan fingerprint density at radius 1 is 1.27 bits per heavy atom. The Morgan fingerprint density at radius 3 is 2.33 bits per heavy atom. The largest absolute Gasteiger partial charge is 0.319 e. The summed E-state index contributed by atoms with van der Waals surface area (Å²) >= 11 is 0. The smallest absolute Gasteiger partial charge is 0.00749 e. The second-order valence-corrected chi connectivity index (χ2v) is 4.92. The second-order valence-electron chi connectivity index (χ2n) is 4.92. The van der Waals surface area contributed by atoms with Crippen LogP contribution in [0, 0.1) is 12.8 Å². The van der Waals surface area contributed by atoms with Gasteiger partial charge in [0.1, 0.15) is 0 Å². The SMILES string of the molecule is CNCC(C)(c1ccccc1C)C(C)C. The highest BCUT2D eigenvalue weighted by Gasteiger charge is 2.30. The molecular weight excluding hydrogens is 182 g/mol. The van der Waals surface area contributed by atoms with Crippen LogP contribution in [0.15, 0.2) is 24.3 Å². The molecule has 0 saturated carbocycles. The molecule has 0 spiro atoms. The van der Waals surface area contributed by atoms with Crippen molar-refractivity contribution in [1.29, 1.82) is 0 Å². The molecule has 0 bridgehead atoms. The van der Waals surface area contributed by atoms with E-state index in [4.69, 9.17) is 0 Å². The quantitative estimate of drug-likeness (QED) is 0.796. The predicted molar refractivity (Wildman–Crippen MR) is 67.3 cm³/mol. The zero-order valence-corrected chi connectivity index (χ0v) is 10.6. The fourth-order valence-electron chi connectivity index (χ4n) is 2.19. The van der Waals surface area contributed by atoms with E-state index in [1.165, 1.54) is 11.1 Å². The first-order valence-corrected chi connectivity index (χ1v) is 5.73. The van der Waals surface area contributed by atoms with Crippen molar-refractivity contribution in [2.45, 2.75) is 33.1 Å². The molecule has 0 aliphatic heterocycles. The number of aryl methyl sites for hydroxylation is 1. The van der Waals surface area contributed by atoms with Crippen molar-refractivity contribution in [2.75, 3.05) is 13.6 Å². The average molecular weight is 205 g/mol. The molecule has 0 fully saturated rings. The molecule has 1 atom stereocenters. The van der Waals surface area contributed by atoms with Gasteiger partial charge in [-0.25, -0.2) is 0 Å². The van der Waals surface area contributed by atoms with Crippen LogP contribution in [0.25, 0.3) is 0 Å². The number of hydrogen-bond donors (Lipinski definition) is 1. The summed E-state index contributed by atoms with van der Waals surface area (Å²) < 4.78 is 0. The molecule has 1 heteroatoms. The van der Waals surface area contributed by atoms with E-state index in [-0.39, 0.29) is 5.41 Å². The van der Waals surface area contributed by atoms with Crippen LogP contribution < -0.4 is 5.32 Å². The van der Waals surface area contributed by atoms with Crippen molar-refractivity contribution >= 4 is 0 Å². The minimum atomic E-state index is 0.222. The Kier molecular flexibility index (Phi) is 3.92. The molecule has 84 valence electrons. The van der Waals surface area contributed by atoms with Gasteiger partial charge in [0, 0.05) is 12.0 Å². The summed E-state index contributed by atoms with van der Waals surface area (Å²) in [4.78, 5) is 0. The Balaban J connectivity index is 3.15. The molecule has 0 saturated heterocycles. The van der Waals surface area contributed by atoms with Crippen molar-refractivity contribution in [3.05, 3.63) is 35.4 Å².